The first kappa shape index (κ1) is 10.7. The van der Waals surface area contributed by atoms with Crippen molar-refractivity contribution >= 4 is 17.1 Å². The zero-order valence-electron chi connectivity index (χ0n) is 9.77. The lowest BCUT2D eigenvalue weighted by molar-refractivity contribution is 0.0994. The molecule has 0 amide bonds. The number of hydrogen-bond donors (Lipinski definition) is 0. The predicted molar refractivity (Wildman–Crippen MR) is 67.6 cm³/mol. The molecule has 88 valence electrons. The first-order chi connectivity index (χ1) is 8.24. The Morgan fingerprint density at radius 3 is 3.12 bits per heavy atom. The maximum absolute atomic E-state index is 12.1. The Labute approximate surface area is 104 Å². The Balaban J connectivity index is 1.80. The number of thiophene rings is 1. The molecule has 0 N–H and O–H groups in total. The molecule has 0 atom stereocenters. The van der Waals surface area contributed by atoms with Crippen LogP contribution in [0.2, 0.25) is 0 Å². The van der Waals surface area contributed by atoms with Crippen LogP contribution in [0.5, 0.6) is 0 Å². The quantitative estimate of drug-likeness (QED) is 0.779. The minimum atomic E-state index is 0.193. The first-order valence-electron chi connectivity index (χ1n) is 5.85. The van der Waals surface area contributed by atoms with Gasteiger partial charge in [0.2, 0.25) is 0 Å². The third-order valence-electron chi connectivity index (χ3n) is 3.26. The number of aromatic nitrogens is 2. The van der Waals surface area contributed by atoms with E-state index >= 15 is 0 Å². The van der Waals surface area contributed by atoms with Crippen LogP contribution in [0.15, 0.2) is 18.5 Å². The van der Waals surface area contributed by atoms with Gasteiger partial charge in [0.05, 0.1) is 11.3 Å². The number of fused-ring (bicyclic) bond motifs is 1. The minimum absolute atomic E-state index is 0.193. The molecule has 0 spiro atoms. The van der Waals surface area contributed by atoms with Crippen LogP contribution in [0.25, 0.3) is 0 Å². The number of carbonyl (C=O) groups excluding carboxylic acids is 1. The van der Waals surface area contributed by atoms with Gasteiger partial charge in [-0.1, -0.05) is 0 Å². The summed E-state index contributed by atoms with van der Waals surface area (Å²) in [5.74, 6) is 1.03. The van der Waals surface area contributed by atoms with Crippen molar-refractivity contribution in [3.05, 3.63) is 39.6 Å². The number of carbonyl (C=O) groups is 1. The molecule has 1 aliphatic rings. The van der Waals surface area contributed by atoms with E-state index in [9.17, 15) is 4.79 Å². The van der Waals surface area contributed by atoms with Crippen molar-refractivity contribution in [1.29, 1.82) is 0 Å². The van der Waals surface area contributed by atoms with E-state index in [0.29, 0.717) is 6.42 Å². The highest BCUT2D eigenvalue weighted by atomic mass is 32.1. The van der Waals surface area contributed by atoms with E-state index in [1.807, 2.05) is 17.8 Å². The van der Waals surface area contributed by atoms with Gasteiger partial charge in [-0.25, -0.2) is 4.98 Å². The Bertz CT molecular complexity index is 546. The molecule has 2 heterocycles. The fourth-order valence-corrected chi connectivity index (χ4v) is 3.46. The highest BCUT2D eigenvalue weighted by Gasteiger charge is 2.19. The number of aryl methyl sites for hydroxylation is 3. The van der Waals surface area contributed by atoms with Gasteiger partial charge < -0.3 is 4.57 Å². The van der Waals surface area contributed by atoms with Gasteiger partial charge in [0.1, 0.15) is 5.82 Å². The molecule has 0 saturated carbocycles. The van der Waals surface area contributed by atoms with Crippen LogP contribution in [-0.2, 0) is 26.3 Å². The van der Waals surface area contributed by atoms with Gasteiger partial charge in [-0.2, -0.15) is 0 Å². The van der Waals surface area contributed by atoms with Crippen molar-refractivity contribution in [1.82, 2.24) is 9.55 Å². The molecule has 0 saturated heterocycles. The fraction of sp³-hybridized carbons (Fsp3) is 0.385. The molecular weight excluding hydrogens is 232 g/mol. The monoisotopic (exact) mass is 246 g/mol. The van der Waals surface area contributed by atoms with Gasteiger partial charge in [0.25, 0.3) is 0 Å². The maximum Gasteiger partial charge on any atom is 0.180 e. The molecular formula is C13H14N2OS. The van der Waals surface area contributed by atoms with E-state index in [0.717, 1.165) is 23.5 Å². The van der Waals surface area contributed by atoms with E-state index in [4.69, 9.17) is 0 Å². The summed E-state index contributed by atoms with van der Waals surface area (Å²) < 4.78 is 1.90. The van der Waals surface area contributed by atoms with Crippen LogP contribution >= 0.6 is 11.3 Å². The predicted octanol–water partition coefficient (Wildman–Crippen LogP) is 2.40. The lowest BCUT2D eigenvalue weighted by Crippen LogP contribution is -2.06. The normalized spacial score (nSPS) is 13.9. The number of Topliss-reactive ketones (excluding diaryl/α,β-unsaturated/α-hetero) is 1. The van der Waals surface area contributed by atoms with Crippen molar-refractivity contribution in [2.75, 3.05) is 0 Å². The number of ketones is 1. The molecule has 4 heteroatoms. The van der Waals surface area contributed by atoms with Crippen molar-refractivity contribution in [3.8, 4) is 0 Å². The summed E-state index contributed by atoms with van der Waals surface area (Å²) in [6.45, 7) is 0. The third kappa shape index (κ3) is 1.93. The number of nitrogens with zero attached hydrogens (tertiary/aromatic N) is 2. The SMILES string of the molecule is Cn1ccnc1CC(=O)c1cc2c(s1)CCC2. The Morgan fingerprint density at radius 1 is 1.53 bits per heavy atom. The van der Waals surface area contributed by atoms with Crippen LogP contribution in [0.1, 0.15) is 32.4 Å². The largest absolute Gasteiger partial charge is 0.338 e. The van der Waals surface area contributed by atoms with Crippen molar-refractivity contribution in [2.24, 2.45) is 7.05 Å². The number of imidazole rings is 1. The van der Waals surface area contributed by atoms with E-state index in [-0.39, 0.29) is 5.78 Å². The van der Waals surface area contributed by atoms with Crippen LogP contribution < -0.4 is 0 Å². The molecule has 0 bridgehead atoms. The highest BCUT2D eigenvalue weighted by molar-refractivity contribution is 7.14. The molecule has 3 rings (SSSR count). The minimum Gasteiger partial charge on any atom is -0.338 e. The maximum atomic E-state index is 12.1. The standard InChI is InChI=1S/C13H14N2OS/c1-15-6-5-14-13(15)8-10(16)12-7-9-3-2-4-11(9)17-12/h5-7H,2-4,8H2,1H3. The molecule has 2 aromatic rings. The van der Waals surface area contributed by atoms with Crippen LogP contribution in [0.3, 0.4) is 0 Å². The number of hydrogen-bond acceptors (Lipinski definition) is 3. The molecule has 2 aromatic heterocycles. The summed E-state index contributed by atoms with van der Waals surface area (Å²) in [6.07, 6.45) is 7.54. The van der Waals surface area contributed by atoms with Gasteiger partial charge in [-0.05, 0) is 30.9 Å². The molecule has 3 nitrogen and oxygen atoms in total. The molecule has 0 fully saturated rings. The summed E-state index contributed by atoms with van der Waals surface area (Å²) in [5, 5.41) is 0. The van der Waals surface area contributed by atoms with Gasteiger partial charge in [-0.3, -0.25) is 4.79 Å². The van der Waals surface area contributed by atoms with Gasteiger partial charge in [0, 0.05) is 24.3 Å². The summed E-state index contributed by atoms with van der Waals surface area (Å²) >= 11 is 1.67. The Hall–Kier alpha value is -1.42. The lowest BCUT2D eigenvalue weighted by atomic mass is 10.2. The smallest absolute Gasteiger partial charge is 0.180 e. The average molecular weight is 246 g/mol. The molecule has 0 aliphatic heterocycles. The van der Waals surface area contributed by atoms with Gasteiger partial charge in [0.15, 0.2) is 5.78 Å². The van der Waals surface area contributed by atoms with Crippen molar-refractivity contribution in [3.63, 3.8) is 0 Å². The topological polar surface area (TPSA) is 34.9 Å². The lowest BCUT2D eigenvalue weighted by Gasteiger charge is -1.99. The number of rotatable bonds is 3. The Morgan fingerprint density at radius 2 is 2.41 bits per heavy atom. The van der Waals surface area contributed by atoms with Crippen LogP contribution in [-0.4, -0.2) is 15.3 Å². The molecule has 1 aliphatic carbocycles. The molecule has 0 radical (unpaired) electrons. The van der Waals surface area contributed by atoms with E-state index in [2.05, 4.69) is 11.1 Å². The molecule has 17 heavy (non-hydrogen) atoms. The zero-order chi connectivity index (χ0) is 11.8. The second-order valence-electron chi connectivity index (χ2n) is 4.47. The second-order valence-corrected chi connectivity index (χ2v) is 5.60. The van der Waals surface area contributed by atoms with Crippen LogP contribution in [0.4, 0.5) is 0 Å². The fourth-order valence-electron chi connectivity index (χ4n) is 2.26. The summed E-state index contributed by atoms with van der Waals surface area (Å²) in [4.78, 5) is 18.6. The summed E-state index contributed by atoms with van der Waals surface area (Å²) in [5.41, 5.74) is 1.39. The molecule has 0 unspecified atom stereocenters. The summed E-state index contributed by atoms with van der Waals surface area (Å²) in [6, 6.07) is 2.08. The zero-order valence-corrected chi connectivity index (χ0v) is 10.6. The third-order valence-corrected chi connectivity index (χ3v) is 4.54. The van der Waals surface area contributed by atoms with Crippen molar-refractivity contribution < 1.29 is 4.79 Å². The van der Waals surface area contributed by atoms with E-state index in [1.165, 1.54) is 16.9 Å². The van der Waals surface area contributed by atoms with Crippen molar-refractivity contribution in [2.45, 2.75) is 25.7 Å². The van der Waals surface area contributed by atoms with Gasteiger partial charge in [-0.15, -0.1) is 11.3 Å². The second kappa shape index (κ2) is 4.11. The van der Waals surface area contributed by atoms with E-state index in [1.54, 1.807) is 17.5 Å². The molecule has 0 aromatic carbocycles. The highest BCUT2D eigenvalue weighted by Crippen LogP contribution is 2.31. The van der Waals surface area contributed by atoms with Crippen LogP contribution in [0, 0.1) is 0 Å². The first-order valence-corrected chi connectivity index (χ1v) is 6.66. The van der Waals surface area contributed by atoms with Gasteiger partial charge >= 0.3 is 0 Å². The van der Waals surface area contributed by atoms with E-state index < -0.39 is 0 Å². The average Bonchev–Trinajstić information content (AvgIpc) is 2.93. The summed E-state index contributed by atoms with van der Waals surface area (Å²) in [7, 11) is 1.92. The Kier molecular flexibility index (Phi) is 2.59.